The van der Waals surface area contributed by atoms with Crippen molar-refractivity contribution in [2.75, 3.05) is 20.3 Å². The van der Waals surface area contributed by atoms with Gasteiger partial charge in [0.05, 0.1) is 18.6 Å². The number of carbonyl (C=O) groups is 2. The summed E-state index contributed by atoms with van der Waals surface area (Å²) < 4.78 is 5.35. The van der Waals surface area contributed by atoms with Crippen LogP contribution in [0.4, 0.5) is 0 Å². The first-order valence-corrected chi connectivity index (χ1v) is 11.9. The van der Waals surface area contributed by atoms with Crippen molar-refractivity contribution in [3.05, 3.63) is 71.4 Å². The first kappa shape index (κ1) is 21.7. The normalized spacial score (nSPS) is 21.2. The second-order valence-corrected chi connectivity index (χ2v) is 9.13. The number of rotatable bonds is 6. The molecule has 0 spiro atoms. The Bertz CT molecular complexity index is 1150. The molecule has 1 saturated carbocycles. The maximum absolute atomic E-state index is 13.9. The smallest absolute Gasteiger partial charge is 0.254 e. The van der Waals surface area contributed by atoms with Gasteiger partial charge in [-0.15, -0.1) is 0 Å². The van der Waals surface area contributed by atoms with E-state index in [9.17, 15) is 9.59 Å². The number of nitrogens with one attached hydrogen (secondary N) is 2. The van der Waals surface area contributed by atoms with Gasteiger partial charge >= 0.3 is 0 Å². The number of fused-ring (bicyclic) bond motifs is 2. The lowest BCUT2D eigenvalue weighted by atomic mass is 9.78. The van der Waals surface area contributed by atoms with E-state index in [1.165, 1.54) is 6.42 Å². The minimum absolute atomic E-state index is 0.000419. The molecule has 33 heavy (non-hydrogen) atoms. The molecular weight excluding hydrogens is 414 g/mol. The Balaban J connectivity index is 1.63. The Morgan fingerprint density at radius 2 is 1.82 bits per heavy atom. The van der Waals surface area contributed by atoms with E-state index in [2.05, 4.69) is 16.4 Å². The van der Waals surface area contributed by atoms with Crippen LogP contribution in [0.5, 0.6) is 0 Å². The number of nitrogens with zero attached hydrogens (tertiary/aromatic N) is 1. The molecule has 1 fully saturated rings. The number of hydrogen-bond donors (Lipinski definition) is 2. The van der Waals surface area contributed by atoms with E-state index in [1.54, 1.807) is 7.11 Å². The molecule has 0 radical (unpaired) electrons. The molecule has 0 saturated heterocycles. The van der Waals surface area contributed by atoms with Gasteiger partial charge in [0, 0.05) is 47.9 Å². The highest BCUT2D eigenvalue weighted by Crippen LogP contribution is 2.45. The maximum Gasteiger partial charge on any atom is 0.254 e. The lowest BCUT2D eigenvalue weighted by molar-refractivity contribution is -0.125. The fourth-order valence-electron chi connectivity index (χ4n) is 5.53. The highest BCUT2D eigenvalue weighted by Gasteiger charge is 2.45. The molecule has 1 aliphatic carbocycles. The topological polar surface area (TPSA) is 74.4 Å². The van der Waals surface area contributed by atoms with Crippen molar-refractivity contribution in [2.45, 2.75) is 50.1 Å². The summed E-state index contributed by atoms with van der Waals surface area (Å²) in [5.41, 5.74) is 3.37. The van der Waals surface area contributed by atoms with Gasteiger partial charge in [0.1, 0.15) is 0 Å². The van der Waals surface area contributed by atoms with Crippen molar-refractivity contribution in [2.24, 2.45) is 0 Å². The van der Waals surface area contributed by atoms with Crippen molar-refractivity contribution in [1.82, 2.24) is 15.2 Å². The summed E-state index contributed by atoms with van der Waals surface area (Å²) in [7, 11) is 1.64. The van der Waals surface area contributed by atoms with E-state index in [1.807, 2.05) is 53.6 Å². The van der Waals surface area contributed by atoms with Gasteiger partial charge in [0.25, 0.3) is 5.91 Å². The molecular formula is C27H31N3O3. The summed E-state index contributed by atoms with van der Waals surface area (Å²) in [4.78, 5) is 32.7. The molecule has 2 heterocycles. The second-order valence-electron chi connectivity index (χ2n) is 9.13. The largest absolute Gasteiger partial charge is 0.383 e. The van der Waals surface area contributed by atoms with Gasteiger partial charge in [-0.05, 0) is 30.5 Å². The van der Waals surface area contributed by atoms with Crippen LogP contribution in [0.1, 0.15) is 65.5 Å². The SMILES string of the molecule is COCCN1C(=O)c2ccccc2C(C(=O)NC2CCCCC2)C1c1c[nH]c2ccccc12. The zero-order chi connectivity index (χ0) is 22.8. The molecule has 1 aliphatic heterocycles. The Morgan fingerprint density at radius 1 is 1.06 bits per heavy atom. The van der Waals surface area contributed by atoms with Crippen LogP contribution in [0.15, 0.2) is 54.7 Å². The number of hydrogen-bond acceptors (Lipinski definition) is 3. The molecule has 2 N–H and O–H groups in total. The number of methoxy groups -OCH3 is 1. The molecule has 2 atom stereocenters. The van der Waals surface area contributed by atoms with Gasteiger partial charge < -0.3 is 19.9 Å². The molecule has 0 bridgehead atoms. The minimum atomic E-state index is -0.489. The van der Waals surface area contributed by atoms with E-state index in [0.717, 1.165) is 47.7 Å². The zero-order valence-corrected chi connectivity index (χ0v) is 19.0. The standard InChI is InChI=1S/C27H31N3O3/c1-33-16-15-30-25(22-17-28-23-14-8-7-11-19(22)23)24(20-12-5-6-13-21(20)27(30)32)26(31)29-18-9-3-2-4-10-18/h5-8,11-14,17-18,24-25,28H,2-4,9-10,15-16H2,1H3,(H,29,31). The molecule has 3 aromatic rings. The summed E-state index contributed by atoms with van der Waals surface area (Å²) in [5.74, 6) is -0.545. The summed E-state index contributed by atoms with van der Waals surface area (Å²) >= 11 is 0. The molecule has 2 unspecified atom stereocenters. The van der Waals surface area contributed by atoms with Gasteiger partial charge in [0.15, 0.2) is 0 Å². The zero-order valence-electron chi connectivity index (χ0n) is 19.0. The van der Waals surface area contributed by atoms with E-state index >= 15 is 0 Å². The Labute approximate surface area is 194 Å². The monoisotopic (exact) mass is 445 g/mol. The fraction of sp³-hybridized carbons (Fsp3) is 0.407. The van der Waals surface area contributed by atoms with Crippen LogP contribution in [0.3, 0.4) is 0 Å². The Hall–Kier alpha value is -3.12. The number of aromatic nitrogens is 1. The van der Waals surface area contributed by atoms with E-state index in [0.29, 0.717) is 18.7 Å². The predicted molar refractivity (Wildman–Crippen MR) is 128 cm³/mol. The number of para-hydroxylation sites is 1. The number of ether oxygens (including phenoxy) is 1. The number of benzene rings is 2. The summed E-state index contributed by atoms with van der Waals surface area (Å²) in [6.07, 6.45) is 7.52. The lowest BCUT2D eigenvalue weighted by Gasteiger charge is -2.42. The molecule has 6 nitrogen and oxygen atoms in total. The molecule has 2 amide bonds. The quantitative estimate of drug-likeness (QED) is 0.585. The van der Waals surface area contributed by atoms with Crippen molar-refractivity contribution in [3.8, 4) is 0 Å². The molecule has 2 aliphatic rings. The predicted octanol–water partition coefficient (Wildman–Crippen LogP) is 4.54. The average Bonchev–Trinajstić information content (AvgIpc) is 3.28. The third-order valence-electron chi connectivity index (χ3n) is 7.15. The van der Waals surface area contributed by atoms with Gasteiger partial charge in [-0.1, -0.05) is 55.7 Å². The van der Waals surface area contributed by atoms with Crippen molar-refractivity contribution in [1.29, 1.82) is 0 Å². The van der Waals surface area contributed by atoms with Crippen molar-refractivity contribution < 1.29 is 14.3 Å². The molecule has 5 rings (SSSR count). The summed E-state index contributed by atoms with van der Waals surface area (Å²) in [6.45, 7) is 0.824. The number of amides is 2. The summed E-state index contributed by atoms with van der Waals surface area (Å²) in [5, 5.41) is 4.38. The van der Waals surface area contributed by atoms with Crippen molar-refractivity contribution in [3.63, 3.8) is 0 Å². The van der Waals surface area contributed by atoms with E-state index < -0.39 is 12.0 Å². The third-order valence-corrected chi connectivity index (χ3v) is 7.15. The van der Waals surface area contributed by atoms with Crippen LogP contribution < -0.4 is 5.32 Å². The first-order valence-electron chi connectivity index (χ1n) is 11.9. The lowest BCUT2D eigenvalue weighted by Crippen LogP contribution is -2.50. The second kappa shape index (κ2) is 9.40. The molecule has 2 aromatic carbocycles. The molecule has 172 valence electrons. The highest BCUT2D eigenvalue weighted by molar-refractivity contribution is 6.02. The number of H-pyrrole nitrogens is 1. The van der Waals surface area contributed by atoms with Gasteiger partial charge in [-0.25, -0.2) is 0 Å². The summed E-state index contributed by atoms with van der Waals surface area (Å²) in [6, 6.07) is 15.4. The van der Waals surface area contributed by atoms with Crippen LogP contribution in [0.25, 0.3) is 10.9 Å². The number of carbonyl (C=O) groups excluding carboxylic acids is 2. The minimum Gasteiger partial charge on any atom is -0.383 e. The number of aromatic amines is 1. The van der Waals surface area contributed by atoms with Crippen LogP contribution in [-0.2, 0) is 9.53 Å². The van der Waals surface area contributed by atoms with Gasteiger partial charge in [-0.2, -0.15) is 0 Å². The fourth-order valence-corrected chi connectivity index (χ4v) is 5.53. The third kappa shape index (κ3) is 4.04. The maximum atomic E-state index is 13.9. The Kier molecular flexibility index (Phi) is 6.18. The van der Waals surface area contributed by atoms with Crippen LogP contribution in [0, 0.1) is 0 Å². The molecule has 6 heteroatoms. The van der Waals surface area contributed by atoms with Crippen LogP contribution in [0.2, 0.25) is 0 Å². The van der Waals surface area contributed by atoms with Gasteiger partial charge in [-0.3, -0.25) is 9.59 Å². The highest BCUT2D eigenvalue weighted by atomic mass is 16.5. The van der Waals surface area contributed by atoms with Crippen LogP contribution >= 0.6 is 0 Å². The van der Waals surface area contributed by atoms with E-state index in [-0.39, 0.29) is 17.9 Å². The van der Waals surface area contributed by atoms with Crippen molar-refractivity contribution >= 4 is 22.7 Å². The van der Waals surface area contributed by atoms with Crippen LogP contribution in [-0.4, -0.2) is 48.0 Å². The van der Waals surface area contributed by atoms with E-state index in [4.69, 9.17) is 4.74 Å². The molecule has 1 aromatic heterocycles. The van der Waals surface area contributed by atoms with Gasteiger partial charge in [0.2, 0.25) is 5.91 Å². The Morgan fingerprint density at radius 3 is 2.64 bits per heavy atom. The average molecular weight is 446 g/mol. The first-order chi connectivity index (χ1) is 16.2.